The average Bonchev–Trinajstić information content (AvgIpc) is 3.56. The van der Waals surface area contributed by atoms with Gasteiger partial charge in [-0.05, 0) is 6.42 Å². The van der Waals surface area contributed by atoms with E-state index >= 15 is 0 Å². The summed E-state index contributed by atoms with van der Waals surface area (Å²) in [6, 6.07) is -4.39. The van der Waals surface area contributed by atoms with E-state index in [1.807, 2.05) is 0 Å². The Labute approximate surface area is 314 Å². The second-order valence-electron chi connectivity index (χ2n) is 13.6. The molecule has 0 bridgehead atoms. The molecule has 0 amide bonds. The molecule has 4 saturated heterocycles. The van der Waals surface area contributed by atoms with E-state index in [1.165, 1.54) is 0 Å². The molecule has 0 aromatic rings. The average molecular weight is 793 g/mol. The lowest BCUT2D eigenvalue weighted by atomic mass is 9.84. The van der Waals surface area contributed by atoms with Crippen molar-refractivity contribution in [3.8, 4) is 0 Å². The van der Waals surface area contributed by atoms with Crippen molar-refractivity contribution in [1.29, 1.82) is 0 Å². The lowest BCUT2D eigenvalue weighted by molar-refractivity contribution is -0.306. The number of aliphatic hydroxyl groups is 9. The van der Waals surface area contributed by atoms with Crippen molar-refractivity contribution in [3.05, 3.63) is 0 Å². The summed E-state index contributed by atoms with van der Waals surface area (Å²) in [6.07, 6.45) is -24.2. The Kier molecular flexibility index (Phi) is 17.5. The lowest BCUT2D eigenvalue weighted by Crippen LogP contribution is -2.68. The summed E-state index contributed by atoms with van der Waals surface area (Å²) in [5.41, 5.74) is 35.2. The normalized spacial score (nSPS) is 51.8. The first-order chi connectivity index (χ1) is 24.1. The van der Waals surface area contributed by atoms with Gasteiger partial charge in [-0.2, -0.15) is 0 Å². The minimum atomic E-state index is -1.66. The maximum Gasteiger partial charge on any atom is 0.187 e. The first kappa shape index (κ1) is 46.9. The zero-order valence-electron chi connectivity index (χ0n) is 28.1. The summed E-state index contributed by atoms with van der Waals surface area (Å²) in [5.74, 6) is -0.0841. The Hall–Kier alpha value is -0.465. The third-order valence-corrected chi connectivity index (χ3v) is 11.4. The van der Waals surface area contributed by atoms with Crippen LogP contribution >= 0.6 is 11.8 Å². The molecule has 21 N–H and O–H groups in total. The van der Waals surface area contributed by atoms with Crippen LogP contribution in [0.3, 0.4) is 0 Å². The van der Waals surface area contributed by atoms with Crippen LogP contribution in [0.25, 0.3) is 0 Å². The van der Waals surface area contributed by atoms with Gasteiger partial charge in [0.15, 0.2) is 18.9 Å². The number of thioether (sulfide) groups is 1. The number of hydrogen-bond acceptors (Lipinski definition) is 23. The summed E-state index contributed by atoms with van der Waals surface area (Å²) in [6.45, 7) is -0.942. The van der Waals surface area contributed by atoms with Crippen LogP contribution in [0.4, 0.5) is 0 Å². The van der Waals surface area contributed by atoms with E-state index < -0.39 is 147 Å². The van der Waals surface area contributed by atoms with E-state index in [4.69, 9.17) is 67.6 Å². The van der Waals surface area contributed by atoms with Crippen LogP contribution in [0.15, 0.2) is 0 Å². The van der Waals surface area contributed by atoms with Gasteiger partial charge in [-0.1, -0.05) is 7.43 Å². The minimum absolute atomic E-state index is 0. The fraction of sp³-hybridized carbons (Fsp3) is 1.00. The number of nitrogens with two attached hydrogens (primary N) is 6. The molecule has 23 atom stereocenters. The van der Waals surface area contributed by atoms with E-state index in [1.54, 1.807) is 0 Å². The maximum atomic E-state index is 11.6. The van der Waals surface area contributed by atoms with Gasteiger partial charge in [-0.25, -0.2) is 0 Å². The molecule has 5 fully saturated rings. The molecule has 3 radical (unpaired) electrons. The second kappa shape index (κ2) is 19.8. The first-order valence-electron chi connectivity index (χ1n) is 16.8. The highest BCUT2D eigenvalue weighted by atomic mass is 32.2. The highest BCUT2D eigenvalue weighted by Crippen LogP contribution is 2.37. The fourth-order valence-electron chi connectivity index (χ4n) is 6.92. The number of hydrogen-bond donors (Lipinski definition) is 15. The summed E-state index contributed by atoms with van der Waals surface area (Å²) < 4.78 is 41.4. The van der Waals surface area contributed by atoms with E-state index in [0.717, 1.165) is 11.8 Å². The second-order valence-corrected chi connectivity index (χ2v) is 14.7. The molecule has 53 heavy (non-hydrogen) atoms. The molecule has 1 aliphatic carbocycles. The largest absolute Gasteiger partial charge is 0.394 e. The van der Waals surface area contributed by atoms with Gasteiger partial charge in [0.1, 0.15) is 84.8 Å². The van der Waals surface area contributed by atoms with Crippen molar-refractivity contribution in [2.24, 2.45) is 34.4 Å². The van der Waals surface area contributed by atoms with Crippen LogP contribution in [0.1, 0.15) is 15.3 Å². The smallest absolute Gasteiger partial charge is 0.187 e. The van der Waals surface area contributed by atoms with Crippen LogP contribution in [-0.2, 0) is 33.2 Å². The van der Waals surface area contributed by atoms with Gasteiger partial charge in [0, 0.05) is 40.8 Å². The molecule has 4 aliphatic heterocycles. The Bertz CT molecular complexity index is 1130. The molecule has 1 saturated carbocycles. The molecule has 0 aromatic heterocycles. The fourth-order valence-corrected chi connectivity index (χ4v) is 8.15. The Morgan fingerprint density at radius 2 is 1.02 bits per heavy atom. The van der Waals surface area contributed by atoms with E-state index in [0.29, 0.717) is 0 Å². The summed E-state index contributed by atoms with van der Waals surface area (Å²) in [4.78, 5) is 0. The van der Waals surface area contributed by atoms with Gasteiger partial charge in [0.25, 0.3) is 0 Å². The zero-order chi connectivity index (χ0) is 37.5. The molecule has 4 heterocycles. The molecule has 5 rings (SSSR count). The summed E-state index contributed by atoms with van der Waals surface area (Å²) >= 11 is 0.968. The molecule has 0 aromatic carbocycles. The molecular weight excluding hydrogens is 731 g/mol. The van der Waals surface area contributed by atoms with Gasteiger partial charge >= 0.3 is 0 Å². The van der Waals surface area contributed by atoms with Crippen molar-refractivity contribution < 1.29 is 80.5 Å². The van der Waals surface area contributed by atoms with Crippen molar-refractivity contribution in [3.63, 3.8) is 0 Å². The quantitative estimate of drug-likeness (QED) is 0.0816. The lowest BCUT2D eigenvalue weighted by Gasteiger charge is -2.47. The highest BCUT2D eigenvalue weighted by Gasteiger charge is 2.55. The predicted octanol–water partition coefficient (Wildman–Crippen LogP) is -9.21. The molecule has 0 spiro atoms. The SMILES string of the molecule is C.NCC1O[C@H](O[C@@H]2C(N)C[C@@H](N)C(O)[C@H]2OC2O[C@H](CS[C@@H]3O[C@H](CO)[C@H](O)C3O)[C@H](O[C@H]3O[C@@H](CN)[C@@H](O)C(O)C3N)[C@@H]2O)C(N)[C@@H](O)[C@@H]1O.[2HH].[B]. The standard InChI is InChI=1S/C28H54N6O16S.CH4.B.H2/c29-2-8-15(37)18(40)12(33)25(44-8)48-22-7(32)1-6(31)14(36)24(22)50-27-21(43)23(49-26-13(34)19(41)16(38)9(3-30)45-26)11(46-27)5-51-28-20(42)17(39)10(4-35)47-28;;;/h6-28,35-43H,1-5,29-34H2;1H4;;1H/t6-,7?,8?,9+,10-,11-,12?,13?,14?,15-,16-,17+,18-,19?,20?,21+,22-,23+,24-,25-,26-,27?,28+;;;/m1.../s1/i;;;1+1. The van der Waals surface area contributed by atoms with Gasteiger partial charge < -0.3 is 114 Å². The molecule has 22 nitrogen and oxygen atoms in total. The minimum Gasteiger partial charge on any atom is -0.394 e. The van der Waals surface area contributed by atoms with Gasteiger partial charge in [0.2, 0.25) is 0 Å². The Morgan fingerprint density at radius 1 is 0.547 bits per heavy atom. The Balaban J connectivity index is 0.00000336. The third-order valence-electron chi connectivity index (χ3n) is 10.1. The van der Waals surface area contributed by atoms with Crippen molar-refractivity contribution in [2.75, 3.05) is 25.4 Å². The van der Waals surface area contributed by atoms with Crippen molar-refractivity contribution in [1.82, 2.24) is 0 Å². The topological polar surface area (TPSA) is 403 Å². The van der Waals surface area contributed by atoms with Crippen LogP contribution < -0.4 is 34.4 Å². The summed E-state index contributed by atoms with van der Waals surface area (Å²) in [5, 5.41) is 94.6. The van der Waals surface area contributed by atoms with E-state index in [-0.39, 0.29) is 42.5 Å². The zero-order valence-corrected chi connectivity index (χ0v) is 29.0. The maximum absolute atomic E-state index is 11.6. The number of aliphatic hydroxyl groups excluding tert-OH is 9. The number of ether oxygens (including phenoxy) is 7. The van der Waals surface area contributed by atoms with Gasteiger partial charge in [0.05, 0.1) is 30.9 Å². The van der Waals surface area contributed by atoms with Crippen molar-refractivity contribution in [2.45, 2.75) is 154 Å². The van der Waals surface area contributed by atoms with Crippen LogP contribution in [0, 0.1) is 0 Å². The Morgan fingerprint density at radius 3 is 1.51 bits per heavy atom. The molecule has 311 valence electrons. The van der Waals surface area contributed by atoms with E-state index in [2.05, 4.69) is 0 Å². The molecule has 8 unspecified atom stereocenters. The number of rotatable bonds is 12. The molecular formula is C29H60BN6O16S. The van der Waals surface area contributed by atoms with Crippen LogP contribution in [0.2, 0.25) is 0 Å². The van der Waals surface area contributed by atoms with Crippen molar-refractivity contribution >= 4 is 20.2 Å². The van der Waals surface area contributed by atoms with E-state index in [9.17, 15) is 46.0 Å². The predicted molar refractivity (Wildman–Crippen MR) is 186 cm³/mol. The van der Waals surface area contributed by atoms with Crippen LogP contribution in [0.5, 0.6) is 0 Å². The third kappa shape index (κ3) is 9.64. The van der Waals surface area contributed by atoms with Gasteiger partial charge in [-0.3, -0.25) is 0 Å². The summed E-state index contributed by atoms with van der Waals surface area (Å²) in [7, 11) is 0. The highest BCUT2D eigenvalue weighted by molar-refractivity contribution is 7.99. The first-order valence-corrected chi connectivity index (χ1v) is 17.9. The van der Waals surface area contributed by atoms with Gasteiger partial charge in [-0.15, -0.1) is 11.8 Å². The van der Waals surface area contributed by atoms with Crippen LogP contribution in [-0.4, -0.2) is 220 Å². The molecule has 24 heteroatoms. The monoisotopic (exact) mass is 792 g/mol. The molecule has 5 aliphatic rings.